The Hall–Kier alpha value is -0.550. The zero-order valence-corrected chi connectivity index (χ0v) is 11.0. The first-order valence-corrected chi connectivity index (χ1v) is 7.96. The zero-order valence-electron chi connectivity index (χ0n) is 9.47. The number of hydrogen-bond donors (Lipinski definition) is 0. The first kappa shape index (κ1) is 13.5. The first-order valence-electron chi connectivity index (χ1n) is 5.48. The van der Waals surface area contributed by atoms with Gasteiger partial charge in [-0.2, -0.15) is 0 Å². The summed E-state index contributed by atoms with van der Waals surface area (Å²) >= 11 is 0. The molecular formula is C10H18ClN2O2S+. The number of unbranched alkanes of at least 4 members (excludes halogenated alkanes) is 1. The molecule has 0 N–H and O–H groups in total. The molecule has 1 aromatic rings. The van der Waals surface area contributed by atoms with E-state index in [4.69, 9.17) is 10.7 Å². The third-order valence-electron chi connectivity index (χ3n) is 2.28. The second-order valence-corrected chi connectivity index (χ2v) is 6.74. The van der Waals surface area contributed by atoms with Crippen LogP contribution in [0.2, 0.25) is 0 Å². The third kappa shape index (κ3) is 5.51. The summed E-state index contributed by atoms with van der Waals surface area (Å²) in [5.74, 6) is 0.0603. The monoisotopic (exact) mass is 265 g/mol. The molecule has 6 heteroatoms. The molecule has 1 heterocycles. The fraction of sp³-hybridized carbons (Fsp3) is 0.700. The zero-order chi connectivity index (χ0) is 12.0. The van der Waals surface area contributed by atoms with E-state index in [0.717, 1.165) is 25.9 Å². The molecule has 4 nitrogen and oxygen atoms in total. The van der Waals surface area contributed by atoms with Gasteiger partial charge in [0, 0.05) is 10.7 Å². The lowest BCUT2D eigenvalue weighted by atomic mass is 10.3. The highest BCUT2D eigenvalue weighted by molar-refractivity contribution is 8.13. The number of aryl methyl sites for hydroxylation is 2. The summed E-state index contributed by atoms with van der Waals surface area (Å²) in [4.78, 5) is 0. The summed E-state index contributed by atoms with van der Waals surface area (Å²) in [5.41, 5.74) is 0. The number of imidazole rings is 1. The van der Waals surface area contributed by atoms with Crippen LogP contribution in [0.15, 0.2) is 18.7 Å². The molecule has 0 amide bonds. The Morgan fingerprint density at radius 1 is 1.38 bits per heavy atom. The molecule has 0 fully saturated rings. The molecule has 0 spiro atoms. The molecule has 0 aliphatic heterocycles. The fourth-order valence-electron chi connectivity index (χ4n) is 1.53. The molecule has 16 heavy (non-hydrogen) atoms. The van der Waals surface area contributed by atoms with Crippen molar-refractivity contribution in [3.63, 3.8) is 0 Å². The van der Waals surface area contributed by atoms with E-state index in [-0.39, 0.29) is 5.75 Å². The van der Waals surface area contributed by atoms with Crippen LogP contribution < -0.4 is 4.57 Å². The normalized spacial score (nSPS) is 11.9. The number of hydrogen-bond acceptors (Lipinski definition) is 2. The molecular weight excluding hydrogens is 248 g/mol. The number of halogens is 1. The van der Waals surface area contributed by atoms with Gasteiger partial charge in [-0.25, -0.2) is 17.6 Å². The van der Waals surface area contributed by atoms with Gasteiger partial charge in [0.05, 0.1) is 18.8 Å². The Balaban J connectivity index is 2.26. The molecule has 0 saturated carbocycles. The Morgan fingerprint density at radius 2 is 2.12 bits per heavy atom. The van der Waals surface area contributed by atoms with Crippen molar-refractivity contribution in [3.05, 3.63) is 18.7 Å². The molecule has 0 bridgehead atoms. The first-order chi connectivity index (χ1) is 7.51. The lowest BCUT2D eigenvalue weighted by Gasteiger charge is -1.96. The summed E-state index contributed by atoms with van der Waals surface area (Å²) in [5, 5.41) is 0. The minimum absolute atomic E-state index is 0.0603. The molecule has 0 radical (unpaired) electrons. The SMILES string of the molecule is CCC[n+]1ccn(CCCCS(=O)(=O)Cl)c1. The largest absolute Gasteiger partial charge is 0.243 e. The van der Waals surface area contributed by atoms with Crippen molar-refractivity contribution in [2.75, 3.05) is 5.75 Å². The van der Waals surface area contributed by atoms with Crippen LogP contribution in [0.5, 0.6) is 0 Å². The highest BCUT2D eigenvalue weighted by Gasteiger charge is 2.06. The Bertz CT molecular complexity index is 414. The minimum Gasteiger partial charge on any atom is -0.237 e. The van der Waals surface area contributed by atoms with Crippen LogP contribution in [0, 0.1) is 0 Å². The molecule has 0 aliphatic carbocycles. The number of nitrogens with zero attached hydrogens (tertiary/aromatic N) is 2. The maximum absolute atomic E-state index is 10.7. The van der Waals surface area contributed by atoms with E-state index in [0.29, 0.717) is 6.42 Å². The Morgan fingerprint density at radius 3 is 2.75 bits per heavy atom. The van der Waals surface area contributed by atoms with E-state index in [1.165, 1.54) is 0 Å². The van der Waals surface area contributed by atoms with E-state index in [1.807, 2.05) is 18.7 Å². The van der Waals surface area contributed by atoms with Crippen LogP contribution >= 0.6 is 10.7 Å². The predicted octanol–water partition coefficient (Wildman–Crippen LogP) is 1.53. The summed E-state index contributed by atoms with van der Waals surface area (Å²) < 4.78 is 25.6. The van der Waals surface area contributed by atoms with Gasteiger partial charge in [0.15, 0.2) is 0 Å². The van der Waals surface area contributed by atoms with Crippen molar-refractivity contribution >= 4 is 19.7 Å². The van der Waals surface area contributed by atoms with Gasteiger partial charge in [0.25, 0.3) is 0 Å². The standard InChI is InChI=1S/C10H18ClN2O2S/c1-2-5-12-7-8-13(10-12)6-3-4-9-16(11,14)15/h7-8,10H,2-6,9H2,1H3/q+1. The molecule has 92 valence electrons. The van der Waals surface area contributed by atoms with Crippen LogP contribution in [0.25, 0.3) is 0 Å². The molecule has 0 saturated heterocycles. The topological polar surface area (TPSA) is 43.0 Å². The van der Waals surface area contributed by atoms with Gasteiger partial charge in [-0.05, 0) is 19.3 Å². The van der Waals surface area contributed by atoms with E-state index >= 15 is 0 Å². The highest BCUT2D eigenvalue weighted by atomic mass is 35.7. The van der Waals surface area contributed by atoms with Crippen LogP contribution in [0.4, 0.5) is 0 Å². The van der Waals surface area contributed by atoms with Gasteiger partial charge in [-0.1, -0.05) is 6.92 Å². The Labute approximate surface area is 101 Å². The molecule has 0 atom stereocenters. The smallest absolute Gasteiger partial charge is 0.237 e. The summed E-state index contributed by atoms with van der Waals surface area (Å²) in [6, 6.07) is 0. The van der Waals surface area contributed by atoms with Crippen LogP contribution in [0.1, 0.15) is 26.2 Å². The molecule has 0 aromatic carbocycles. The quantitative estimate of drug-likeness (QED) is 0.426. The predicted molar refractivity (Wildman–Crippen MR) is 63.8 cm³/mol. The van der Waals surface area contributed by atoms with Gasteiger partial charge in [0.1, 0.15) is 12.4 Å². The summed E-state index contributed by atoms with van der Waals surface area (Å²) in [6.45, 7) is 3.99. The summed E-state index contributed by atoms with van der Waals surface area (Å²) in [6.07, 6.45) is 8.62. The molecule has 0 unspecified atom stereocenters. The van der Waals surface area contributed by atoms with Crippen molar-refractivity contribution in [3.8, 4) is 0 Å². The van der Waals surface area contributed by atoms with Gasteiger partial charge in [0.2, 0.25) is 15.4 Å². The second kappa shape index (κ2) is 6.25. The van der Waals surface area contributed by atoms with Crippen molar-refractivity contribution in [1.29, 1.82) is 0 Å². The van der Waals surface area contributed by atoms with Gasteiger partial charge < -0.3 is 0 Å². The number of aromatic nitrogens is 2. The third-order valence-corrected chi connectivity index (χ3v) is 3.52. The molecule has 0 aliphatic rings. The van der Waals surface area contributed by atoms with E-state index in [9.17, 15) is 8.42 Å². The lowest BCUT2D eigenvalue weighted by Crippen LogP contribution is -2.30. The average Bonchev–Trinajstić information content (AvgIpc) is 2.60. The van der Waals surface area contributed by atoms with E-state index in [1.54, 1.807) is 0 Å². The number of rotatable bonds is 7. The maximum atomic E-state index is 10.7. The minimum atomic E-state index is -3.32. The van der Waals surface area contributed by atoms with Crippen molar-refractivity contribution < 1.29 is 13.0 Å². The van der Waals surface area contributed by atoms with Crippen molar-refractivity contribution in [1.82, 2.24) is 4.57 Å². The van der Waals surface area contributed by atoms with Gasteiger partial charge >= 0.3 is 0 Å². The Kier molecular flexibility index (Phi) is 5.28. The van der Waals surface area contributed by atoms with Crippen molar-refractivity contribution in [2.45, 2.75) is 39.3 Å². The maximum Gasteiger partial charge on any atom is 0.243 e. The van der Waals surface area contributed by atoms with Crippen LogP contribution in [-0.4, -0.2) is 18.7 Å². The lowest BCUT2D eigenvalue weighted by molar-refractivity contribution is -0.696. The van der Waals surface area contributed by atoms with Gasteiger partial charge in [-0.3, -0.25) is 0 Å². The average molecular weight is 266 g/mol. The van der Waals surface area contributed by atoms with Crippen LogP contribution in [0.3, 0.4) is 0 Å². The molecule has 1 aromatic heterocycles. The van der Waals surface area contributed by atoms with Crippen LogP contribution in [-0.2, 0) is 22.1 Å². The van der Waals surface area contributed by atoms with E-state index in [2.05, 4.69) is 16.1 Å². The highest BCUT2D eigenvalue weighted by Crippen LogP contribution is 2.02. The molecule has 1 rings (SSSR count). The van der Waals surface area contributed by atoms with E-state index < -0.39 is 9.05 Å². The van der Waals surface area contributed by atoms with Crippen molar-refractivity contribution in [2.24, 2.45) is 0 Å². The van der Waals surface area contributed by atoms with Gasteiger partial charge in [-0.15, -0.1) is 0 Å². The second-order valence-electron chi connectivity index (χ2n) is 3.84. The summed E-state index contributed by atoms with van der Waals surface area (Å²) in [7, 11) is 1.80. The fourth-order valence-corrected chi connectivity index (χ4v) is 2.41.